The molecule has 4 heterocycles. The molecule has 11 heteroatoms. The number of carbonyl (C=O) groups excluding carboxylic acids is 1. The van der Waals surface area contributed by atoms with E-state index in [1.54, 1.807) is 22.2 Å². The Morgan fingerprint density at radius 1 is 1.19 bits per heavy atom. The monoisotopic (exact) mass is 445 g/mol. The van der Waals surface area contributed by atoms with Gasteiger partial charge in [-0.05, 0) is 31.0 Å². The highest BCUT2D eigenvalue weighted by molar-refractivity contribution is 5.95. The number of halogens is 2. The molecule has 2 amide bonds. The standard InChI is InChI=1S/C20H20FN7O2.ClH/c21-13-3-4-14-15(9-13)27(20(29)26-7-5-22-6-8-26)10-16-17(23-11-28(14)16)18-24-19(30-25-18)12-1-2-12;/h3-4,9,11-12,22H,1-2,5-8,10H2;1H. The quantitative estimate of drug-likeness (QED) is 0.652. The molecule has 0 spiro atoms. The normalized spacial score (nSPS) is 17.7. The van der Waals surface area contributed by atoms with Gasteiger partial charge in [0, 0.05) is 32.1 Å². The number of anilines is 1. The molecule has 1 saturated carbocycles. The maximum Gasteiger partial charge on any atom is 0.325 e. The summed E-state index contributed by atoms with van der Waals surface area (Å²) in [6.07, 6.45) is 3.80. The van der Waals surface area contributed by atoms with Gasteiger partial charge in [-0.15, -0.1) is 12.4 Å². The van der Waals surface area contributed by atoms with Gasteiger partial charge in [0.05, 0.1) is 23.6 Å². The molecular weight excluding hydrogens is 425 g/mol. The average Bonchev–Trinajstić information content (AvgIpc) is 3.35. The summed E-state index contributed by atoms with van der Waals surface area (Å²) in [6, 6.07) is 4.31. The van der Waals surface area contributed by atoms with E-state index in [1.165, 1.54) is 12.1 Å². The number of piperazine rings is 1. The van der Waals surface area contributed by atoms with Crippen molar-refractivity contribution in [1.82, 2.24) is 29.9 Å². The van der Waals surface area contributed by atoms with Crippen LogP contribution in [0.3, 0.4) is 0 Å². The minimum absolute atomic E-state index is 0. The summed E-state index contributed by atoms with van der Waals surface area (Å²) in [6.45, 7) is 2.96. The van der Waals surface area contributed by atoms with Crippen LogP contribution in [0.2, 0.25) is 0 Å². The lowest BCUT2D eigenvalue weighted by Crippen LogP contribution is -2.52. The van der Waals surface area contributed by atoms with Gasteiger partial charge in [0.1, 0.15) is 17.8 Å². The van der Waals surface area contributed by atoms with Crippen LogP contribution in [0.1, 0.15) is 30.3 Å². The van der Waals surface area contributed by atoms with Crippen LogP contribution in [0.5, 0.6) is 0 Å². The zero-order chi connectivity index (χ0) is 20.2. The summed E-state index contributed by atoms with van der Waals surface area (Å²) in [4.78, 5) is 25.8. The highest BCUT2D eigenvalue weighted by atomic mass is 35.5. The van der Waals surface area contributed by atoms with Crippen molar-refractivity contribution < 1.29 is 13.7 Å². The average molecular weight is 446 g/mol. The van der Waals surface area contributed by atoms with Crippen LogP contribution in [0.4, 0.5) is 14.9 Å². The van der Waals surface area contributed by atoms with Gasteiger partial charge in [-0.1, -0.05) is 5.16 Å². The van der Waals surface area contributed by atoms with Crippen molar-refractivity contribution in [1.29, 1.82) is 0 Å². The molecule has 0 atom stereocenters. The Morgan fingerprint density at radius 2 is 2.00 bits per heavy atom. The number of nitrogens with zero attached hydrogens (tertiary/aromatic N) is 6. The van der Waals surface area contributed by atoms with Crippen LogP contribution < -0.4 is 10.2 Å². The third-order valence-electron chi connectivity index (χ3n) is 5.86. The second kappa shape index (κ2) is 7.61. The fourth-order valence-electron chi connectivity index (χ4n) is 4.10. The first-order valence-corrected chi connectivity index (χ1v) is 10.2. The molecular formula is C20H21ClFN7O2. The molecule has 162 valence electrons. The van der Waals surface area contributed by atoms with Crippen molar-refractivity contribution in [2.45, 2.75) is 25.3 Å². The zero-order valence-corrected chi connectivity index (χ0v) is 17.4. The molecule has 6 rings (SSSR count). The van der Waals surface area contributed by atoms with Crippen LogP contribution in [0.15, 0.2) is 29.0 Å². The highest BCUT2D eigenvalue weighted by Crippen LogP contribution is 2.40. The molecule has 2 fully saturated rings. The number of benzene rings is 1. The topological polar surface area (TPSA) is 92.3 Å². The van der Waals surface area contributed by atoms with E-state index in [0.29, 0.717) is 47.8 Å². The summed E-state index contributed by atoms with van der Waals surface area (Å²) < 4.78 is 21.4. The van der Waals surface area contributed by atoms with Crippen molar-refractivity contribution in [3.05, 3.63) is 41.9 Å². The Morgan fingerprint density at radius 3 is 2.77 bits per heavy atom. The molecule has 3 aromatic rings. The van der Waals surface area contributed by atoms with Crippen LogP contribution in [0.25, 0.3) is 17.2 Å². The number of rotatable bonds is 2. The Bertz CT molecular complexity index is 1140. The first kappa shape index (κ1) is 20.0. The van der Waals surface area contributed by atoms with E-state index in [1.807, 2.05) is 4.57 Å². The van der Waals surface area contributed by atoms with Gasteiger partial charge in [-0.2, -0.15) is 4.98 Å². The SMILES string of the molecule is Cl.O=C(N1CCNCC1)N1Cc2c(-c3noc(C4CC4)n3)ncn2-c2ccc(F)cc21. The van der Waals surface area contributed by atoms with E-state index in [2.05, 4.69) is 20.4 Å². The molecule has 0 unspecified atom stereocenters. The molecule has 1 saturated heterocycles. The van der Waals surface area contributed by atoms with E-state index in [9.17, 15) is 9.18 Å². The van der Waals surface area contributed by atoms with Gasteiger partial charge in [0.15, 0.2) is 0 Å². The summed E-state index contributed by atoms with van der Waals surface area (Å²) in [7, 11) is 0. The number of amides is 2. The zero-order valence-electron chi connectivity index (χ0n) is 16.6. The van der Waals surface area contributed by atoms with Crippen LogP contribution in [0, 0.1) is 5.82 Å². The lowest BCUT2D eigenvalue weighted by molar-refractivity contribution is 0.196. The van der Waals surface area contributed by atoms with Gasteiger partial charge < -0.3 is 14.7 Å². The summed E-state index contributed by atoms with van der Waals surface area (Å²) in [5, 5.41) is 7.36. The van der Waals surface area contributed by atoms with E-state index >= 15 is 0 Å². The fraction of sp³-hybridized carbons (Fsp3) is 0.400. The third-order valence-corrected chi connectivity index (χ3v) is 5.86. The van der Waals surface area contributed by atoms with E-state index in [4.69, 9.17) is 4.52 Å². The molecule has 3 aliphatic rings. The summed E-state index contributed by atoms with van der Waals surface area (Å²) in [5.41, 5.74) is 2.59. The first-order valence-electron chi connectivity index (χ1n) is 10.2. The number of nitrogens with one attached hydrogen (secondary N) is 1. The predicted octanol–water partition coefficient (Wildman–Crippen LogP) is 2.71. The lowest BCUT2D eigenvalue weighted by atomic mass is 10.1. The van der Waals surface area contributed by atoms with Crippen molar-refractivity contribution >= 4 is 24.1 Å². The molecule has 0 radical (unpaired) electrons. The minimum Gasteiger partial charge on any atom is -0.339 e. The Balaban J connectivity index is 0.00000204. The molecule has 0 bridgehead atoms. The minimum atomic E-state index is -0.386. The number of urea groups is 1. The third kappa shape index (κ3) is 3.35. The number of fused-ring (bicyclic) bond motifs is 3. The van der Waals surface area contributed by atoms with E-state index in [-0.39, 0.29) is 30.8 Å². The molecule has 1 aromatic carbocycles. The first-order chi connectivity index (χ1) is 14.7. The van der Waals surface area contributed by atoms with Crippen LogP contribution >= 0.6 is 12.4 Å². The van der Waals surface area contributed by atoms with Crippen LogP contribution in [-0.2, 0) is 6.54 Å². The van der Waals surface area contributed by atoms with Crippen molar-refractivity contribution in [2.24, 2.45) is 0 Å². The van der Waals surface area contributed by atoms with Crippen molar-refractivity contribution in [2.75, 3.05) is 31.1 Å². The van der Waals surface area contributed by atoms with E-state index in [0.717, 1.165) is 31.6 Å². The van der Waals surface area contributed by atoms with Gasteiger partial charge >= 0.3 is 6.03 Å². The molecule has 31 heavy (non-hydrogen) atoms. The van der Waals surface area contributed by atoms with Gasteiger partial charge in [0.25, 0.3) is 0 Å². The van der Waals surface area contributed by atoms with Crippen LogP contribution in [-0.4, -0.2) is 56.8 Å². The molecule has 1 N–H and O–H groups in total. The van der Waals surface area contributed by atoms with Crippen molar-refractivity contribution in [3.63, 3.8) is 0 Å². The molecule has 2 aromatic heterocycles. The predicted molar refractivity (Wildman–Crippen MR) is 112 cm³/mol. The number of hydrogen-bond acceptors (Lipinski definition) is 6. The van der Waals surface area contributed by atoms with Gasteiger partial charge in [-0.3, -0.25) is 9.47 Å². The highest BCUT2D eigenvalue weighted by Gasteiger charge is 2.35. The van der Waals surface area contributed by atoms with Gasteiger partial charge in [0.2, 0.25) is 11.7 Å². The molecule has 9 nitrogen and oxygen atoms in total. The smallest absolute Gasteiger partial charge is 0.325 e. The number of aromatic nitrogens is 4. The largest absolute Gasteiger partial charge is 0.339 e. The fourth-order valence-corrected chi connectivity index (χ4v) is 4.10. The summed E-state index contributed by atoms with van der Waals surface area (Å²) in [5.74, 6) is 1.02. The maximum atomic E-state index is 14.1. The molecule has 1 aliphatic carbocycles. The maximum absolute atomic E-state index is 14.1. The summed E-state index contributed by atoms with van der Waals surface area (Å²) >= 11 is 0. The number of carbonyl (C=O) groups is 1. The lowest BCUT2D eigenvalue weighted by Gasteiger charge is -2.36. The Kier molecular flexibility index (Phi) is 4.90. The second-order valence-electron chi connectivity index (χ2n) is 7.88. The Labute approximate surface area is 183 Å². The van der Waals surface area contributed by atoms with Crippen molar-refractivity contribution in [3.8, 4) is 17.2 Å². The Hall–Kier alpha value is -2.98. The number of imidazole rings is 1. The van der Waals surface area contributed by atoms with Gasteiger partial charge in [-0.25, -0.2) is 14.2 Å². The van der Waals surface area contributed by atoms with E-state index < -0.39 is 0 Å². The molecule has 2 aliphatic heterocycles. The number of hydrogen-bond donors (Lipinski definition) is 1. The second-order valence-corrected chi connectivity index (χ2v) is 7.88.